The van der Waals surface area contributed by atoms with Crippen molar-refractivity contribution >= 4 is 33.5 Å². The first-order valence-electron chi connectivity index (χ1n) is 12.8. The number of aryl methyl sites for hydroxylation is 1. The molecule has 0 aromatic heterocycles. The van der Waals surface area contributed by atoms with Crippen LogP contribution in [0.15, 0.2) is 96.7 Å². The van der Waals surface area contributed by atoms with Crippen LogP contribution in [0.4, 0.5) is 17.1 Å². The van der Waals surface area contributed by atoms with Crippen molar-refractivity contribution in [3.8, 4) is 0 Å². The van der Waals surface area contributed by atoms with Gasteiger partial charge in [-0.05, 0) is 74.2 Å². The molecule has 0 fully saturated rings. The minimum Gasteiger partial charge on any atom is -0.399 e. The van der Waals surface area contributed by atoms with Gasteiger partial charge in [-0.25, -0.2) is 0 Å². The van der Waals surface area contributed by atoms with E-state index in [4.69, 9.17) is 5.73 Å². The Hall–Kier alpha value is -3.85. The van der Waals surface area contributed by atoms with Crippen molar-refractivity contribution in [3.05, 3.63) is 113 Å². The van der Waals surface area contributed by atoms with E-state index in [0.717, 1.165) is 18.7 Å². The first-order valence-corrected chi connectivity index (χ1v) is 12.8. The zero-order valence-electron chi connectivity index (χ0n) is 22.0. The Kier molecular flexibility index (Phi) is 6.17. The fraction of sp³-hybridized carbons (Fsp3) is 0.242. The number of nitrogens with zero attached hydrogens (tertiary/aromatic N) is 2. The molecule has 2 N–H and O–H groups in total. The molecular formula is C33H36N3+. The number of para-hydroxylation sites is 1. The third-order valence-electron chi connectivity index (χ3n) is 7.87. The number of anilines is 2. The van der Waals surface area contributed by atoms with Gasteiger partial charge in [0.15, 0.2) is 5.71 Å². The smallest absolute Gasteiger partial charge is 0.209 e. The summed E-state index contributed by atoms with van der Waals surface area (Å²) in [5.41, 5.74) is 15.7. The molecule has 3 nitrogen and oxygen atoms in total. The minimum atomic E-state index is -0.152. The zero-order valence-corrected chi connectivity index (χ0v) is 22.0. The fourth-order valence-electron chi connectivity index (χ4n) is 5.95. The van der Waals surface area contributed by atoms with Crippen LogP contribution in [0.3, 0.4) is 0 Å². The van der Waals surface area contributed by atoms with E-state index in [1.54, 1.807) is 0 Å². The molecule has 5 rings (SSSR count). The molecule has 1 aliphatic heterocycles. The lowest BCUT2D eigenvalue weighted by Crippen LogP contribution is -2.34. The number of fused-ring (bicyclic) bond motifs is 2. The van der Waals surface area contributed by atoms with Crippen LogP contribution in [-0.2, 0) is 11.8 Å². The van der Waals surface area contributed by atoms with Crippen LogP contribution in [0.1, 0.15) is 37.5 Å². The average Bonchev–Trinajstić information content (AvgIpc) is 3.09. The van der Waals surface area contributed by atoms with E-state index in [9.17, 15) is 0 Å². The van der Waals surface area contributed by atoms with Gasteiger partial charge in [0.05, 0.1) is 5.41 Å². The molecule has 36 heavy (non-hydrogen) atoms. The lowest BCUT2D eigenvalue weighted by atomic mass is 9.74. The number of benzene rings is 4. The van der Waals surface area contributed by atoms with E-state index in [-0.39, 0.29) is 5.41 Å². The van der Waals surface area contributed by atoms with E-state index < -0.39 is 0 Å². The van der Waals surface area contributed by atoms with Crippen LogP contribution < -0.4 is 10.6 Å². The maximum absolute atomic E-state index is 5.98. The van der Waals surface area contributed by atoms with Gasteiger partial charge >= 0.3 is 0 Å². The molecule has 0 saturated heterocycles. The third kappa shape index (κ3) is 3.99. The second-order valence-electron chi connectivity index (χ2n) is 10.2. The van der Waals surface area contributed by atoms with Crippen LogP contribution in [0, 0.1) is 6.92 Å². The molecule has 0 bridgehead atoms. The van der Waals surface area contributed by atoms with Crippen LogP contribution >= 0.6 is 0 Å². The van der Waals surface area contributed by atoms with Gasteiger partial charge in [0.1, 0.15) is 7.05 Å². The molecule has 3 heteroatoms. The molecule has 182 valence electrons. The van der Waals surface area contributed by atoms with E-state index in [2.05, 4.69) is 123 Å². The van der Waals surface area contributed by atoms with Gasteiger partial charge < -0.3 is 10.6 Å². The van der Waals surface area contributed by atoms with Crippen molar-refractivity contribution in [1.82, 2.24) is 0 Å². The molecule has 1 unspecified atom stereocenters. The lowest BCUT2D eigenvalue weighted by Gasteiger charge is -2.28. The van der Waals surface area contributed by atoms with E-state index in [0.29, 0.717) is 0 Å². The predicted octanol–water partition coefficient (Wildman–Crippen LogP) is 7.39. The number of hydrogen-bond donors (Lipinski definition) is 1. The Balaban J connectivity index is 1.60. The normalized spacial score (nSPS) is 17.5. The average molecular weight is 475 g/mol. The number of rotatable bonds is 6. The second-order valence-corrected chi connectivity index (χ2v) is 10.2. The molecule has 0 saturated carbocycles. The quantitative estimate of drug-likeness (QED) is 0.233. The summed E-state index contributed by atoms with van der Waals surface area (Å²) in [7, 11) is 2.20. The fourth-order valence-corrected chi connectivity index (χ4v) is 5.95. The Bertz CT molecular complexity index is 1490. The Morgan fingerprint density at radius 3 is 2.39 bits per heavy atom. The Morgan fingerprint density at radius 2 is 1.64 bits per heavy atom. The van der Waals surface area contributed by atoms with Crippen LogP contribution in [-0.4, -0.2) is 23.9 Å². The summed E-state index contributed by atoms with van der Waals surface area (Å²) in [5, 5.41) is 2.60. The summed E-state index contributed by atoms with van der Waals surface area (Å²) in [5.74, 6) is 0. The zero-order chi connectivity index (χ0) is 25.4. The third-order valence-corrected chi connectivity index (χ3v) is 7.87. The van der Waals surface area contributed by atoms with Crippen molar-refractivity contribution in [3.63, 3.8) is 0 Å². The number of hydrogen-bond acceptors (Lipinski definition) is 2. The van der Waals surface area contributed by atoms with Gasteiger partial charge in [-0.3, -0.25) is 0 Å². The Morgan fingerprint density at radius 1 is 0.944 bits per heavy atom. The maximum atomic E-state index is 5.98. The van der Waals surface area contributed by atoms with E-state index in [1.807, 2.05) is 12.1 Å². The first kappa shape index (κ1) is 23.9. The topological polar surface area (TPSA) is 32.3 Å². The highest BCUT2D eigenvalue weighted by molar-refractivity contribution is 6.04. The van der Waals surface area contributed by atoms with Gasteiger partial charge in [-0.2, -0.15) is 4.58 Å². The summed E-state index contributed by atoms with van der Waals surface area (Å²) >= 11 is 0. The van der Waals surface area contributed by atoms with Crippen molar-refractivity contribution in [1.29, 1.82) is 0 Å². The maximum Gasteiger partial charge on any atom is 0.209 e. The van der Waals surface area contributed by atoms with Gasteiger partial charge in [0.25, 0.3) is 0 Å². The predicted molar refractivity (Wildman–Crippen MR) is 155 cm³/mol. The SMILES string of the molecule is CCN(/C(C)=C/C1=[N+](C)c2ccccc2C1(C)Cc1ccc(N)cc1)c1ccc2ccccc2c1C. The number of allylic oxidation sites excluding steroid dienone is 2. The van der Waals surface area contributed by atoms with Crippen molar-refractivity contribution in [2.75, 3.05) is 24.2 Å². The summed E-state index contributed by atoms with van der Waals surface area (Å²) in [4.78, 5) is 2.44. The van der Waals surface area contributed by atoms with Crippen molar-refractivity contribution < 1.29 is 4.58 Å². The largest absolute Gasteiger partial charge is 0.399 e. The van der Waals surface area contributed by atoms with E-state index in [1.165, 1.54) is 50.2 Å². The van der Waals surface area contributed by atoms with E-state index >= 15 is 0 Å². The van der Waals surface area contributed by atoms with Crippen molar-refractivity contribution in [2.45, 2.75) is 39.5 Å². The number of nitrogen functional groups attached to an aromatic ring is 1. The minimum absolute atomic E-state index is 0.152. The lowest BCUT2D eigenvalue weighted by molar-refractivity contribution is -0.401. The molecule has 0 amide bonds. The molecule has 4 aromatic carbocycles. The number of nitrogens with two attached hydrogens (primary N) is 1. The molecule has 0 spiro atoms. The Labute approximate surface area is 215 Å². The molecule has 0 aliphatic carbocycles. The highest BCUT2D eigenvalue weighted by Gasteiger charge is 2.46. The molecule has 0 radical (unpaired) electrons. The second kappa shape index (κ2) is 9.31. The van der Waals surface area contributed by atoms with Crippen LogP contribution in [0.25, 0.3) is 10.8 Å². The van der Waals surface area contributed by atoms with Gasteiger partial charge in [0.2, 0.25) is 5.69 Å². The molecule has 1 atom stereocenters. The van der Waals surface area contributed by atoms with Crippen LogP contribution in [0.5, 0.6) is 0 Å². The highest BCUT2D eigenvalue weighted by atomic mass is 15.1. The van der Waals surface area contributed by atoms with Crippen LogP contribution in [0.2, 0.25) is 0 Å². The first-order chi connectivity index (χ1) is 17.3. The highest BCUT2D eigenvalue weighted by Crippen LogP contribution is 2.42. The molecular weight excluding hydrogens is 438 g/mol. The molecule has 1 aliphatic rings. The monoisotopic (exact) mass is 474 g/mol. The summed E-state index contributed by atoms with van der Waals surface area (Å²) in [6.07, 6.45) is 3.31. The van der Waals surface area contributed by atoms with Gasteiger partial charge in [0, 0.05) is 41.3 Å². The molecule has 1 heterocycles. The standard InChI is InChI=1S/C33H36N3/c1-6-36(30-20-17-26-11-7-8-12-28(26)24(30)3)23(2)21-32-33(4,22-25-15-18-27(34)19-16-25)29-13-9-10-14-31(29)35(32)5/h7-21H,6,22,34H2,1-5H3/q+1. The summed E-state index contributed by atoms with van der Waals surface area (Å²) in [6, 6.07) is 30.3. The summed E-state index contributed by atoms with van der Waals surface area (Å²) in [6.45, 7) is 9.99. The summed E-state index contributed by atoms with van der Waals surface area (Å²) < 4.78 is 2.37. The van der Waals surface area contributed by atoms with Crippen molar-refractivity contribution in [2.24, 2.45) is 0 Å². The van der Waals surface area contributed by atoms with Gasteiger partial charge in [-0.15, -0.1) is 0 Å². The van der Waals surface area contributed by atoms with Gasteiger partial charge in [-0.1, -0.05) is 60.7 Å². The molecule has 4 aromatic rings.